The molecule has 0 radical (unpaired) electrons. The lowest BCUT2D eigenvalue weighted by atomic mass is 10.1. The first kappa shape index (κ1) is 15.9. The van der Waals surface area contributed by atoms with Crippen molar-refractivity contribution in [2.75, 3.05) is 32.6 Å². The SMILES string of the molecule is COc1cccc(C2=CCN(C(=O)Nc3cccnc3OC)C2)c1. The van der Waals surface area contributed by atoms with Crippen molar-refractivity contribution in [3.63, 3.8) is 0 Å². The van der Waals surface area contributed by atoms with Gasteiger partial charge in [0.25, 0.3) is 0 Å². The first-order valence-corrected chi connectivity index (χ1v) is 7.59. The summed E-state index contributed by atoms with van der Waals surface area (Å²) in [6.45, 7) is 1.10. The van der Waals surface area contributed by atoms with Crippen molar-refractivity contribution in [3.05, 3.63) is 54.2 Å². The fourth-order valence-electron chi connectivity index (χ4n) is 2.58. The van der Waals surface area contributed by atoms with Crippen LogP contribution in [0.15, 0.2) is 48.7 Å². The van der Waals surface area contributed by atoms with Crippen molar-refractivity contribution in [1.82, 2.24) is 9.88 Å². The fourth-order valence-corrected chi connectivity index (χ4v) is 2.58. The minimum Gasteiger partial charge on any atom is -0.497 e. The number of nitrogens with zero attached hydrogens (tertiary/aromatic N) is 2. The zero-order valence-corrected chi connectivity index (χ0v) is 13.7. The Labute approximate surface area is 140 Å². The van der Waals surface area contributed by atoms with Gasteiger partial charge in [0.15, 0.2) is 0 Å². The monoisotopic (exact) mass is 325 g/mol. The molecule has 24 heavy (non-hydrogen) atoms. The van der Waals surface area contributed by atoms with E-state index < -0.39 is 0 Å². The molecule has 1 N–H and O–H groups in total. The maximum atomic E-state index is 12.5. The highest BCUT2D eigenvalue weighted by Crippen LogP contribution is 2.26. The van der Waals surface area contributed by atoms with E-state index in [1.54, 1.807) is 30.3 Å². The molecular formula is C18H19N3O3. The van der Waals surface area contributed by atoms with Gasteiger partial charge in [-0.2, -0.15) is 0 Å². The third-order valence-corrected chi connectivity index (χ3v) is 3.85. The topological polar surface area (TPSA) is 63.7 Å². The summed E-state index contributed by atoms with van der Waals surface area (Å²) in [6, 6.07) is 11.2. The third-order valence-electron chi connectivity index (χ3n) is 3.85. The van der Waals surface area contributed by atoms with Crippen molar-refractivity contribution in [1.29, 1.82) is 0 Å². The van der Waals surface area contributed by atoms with Crippen LogP contribution in [0.3, 0.4) is 0 Å². The zero-order chi connectivity index (χ0) is 16.9. The molecule has 0 fully saturated rings. The van der Waals surface area contributed by atoms with E-state index in [1.807, 2.05) is 24.3 Å². The Morgan fingerprint density at radius 3 is 2.88 bits per heavy atom. The van der Waals surface area contributed by atoms with Crippen molar-refractivity contribution in [2.24, 2.45) is 0 Å². The van der Waals surface area contributed by atoms with E-state index >= 15 is 0 Å². The van der Waals surface area contributed by atoms with Crippen LogP contribution in [-0.4, -0.2) is 43.2 Å². The number of nitrogens with one attached hydrogen (secondary N) is 1. The Bertz CT molecular complexity index is 774. The second-order valence-electron chi connectivity index (χ2n) is 5.33. The van der Waals surface area contributed by atoms with Crippen molar-refractivity contribution in [3.8, 4) is 11.6 Å². The Balaban J connectivity index is 1.67. The van der Waals surface area contributed by atoms with Crippen molar-refractivity contribution < 1.29 is 14.3 Å². The number of aromatic nitrogens is 1. The molecule has 0 aliphatic carbocycles. The number of pyridine rings is 1. The maximum absolute atomic E-state index is 12.5. The van der Waals surface area contributed by atoms with E-state index in [-0.39, 0.29) is 6.03 Å². The highest BCUT2D eigenvalue weighted by molar-refractivity contribution is 5.92. The van der Waals surface area contributed by atoms with E-state index in [2.05, 4.69) is 16.4 Å². The summed E-state index contributed by atoms with van der Waals surface area (Å²) in [5.41, 5.74) is 2.71. The van der Waals surface area contributed by atoms with E-state index in [0.717, 1.165) is 16.9 Å². The summed E-state index contributed by atoms with van der Waals surface area (Å²) in [6.07, 6.45) is 3.67. The van der Waals surface area contributed by atoms with Gasteiger partial charge >= 0.3 is 6.03 Å². The molecule has 0 bridgehead atoms. The number of hydrogen-bond donors (Lipinski definition) is 1. The average molecular weight is 325 g/mol. The predicted molar refractivity (Wildman–Crippen MR) is 92.4 cm³/mol. The summed E-state index contributed by atoms with van der Waals surface area (Å²) in [5, 5.41) is 2.84. The Morgan fingerprint density at radius 2 is 2.08 bits per heavy atom. The van der Waals surface area contributed by atoms with E-state index in [0.29, 0.717) is 24.7 Å². The number of carbonyl (C=O) groups is 1. The summed E-state index contributed by atoms with van der Waals surface area (Å²) in [4.78, 5) is 18.3. The van der Waals surface area contributed by atoms with Crippen LogP contribution in [-0.2, 0) is 0 Å². The van der Waals surface area contributed by atoms with Gasteiger partial charge in [-0.25, -0.2) is 9.78 Å². The number of benzene rings is 1. The lowest BCUT2D eigenvalue weighted by molar-refractivity contribution is 0.224. The Hall–Kier alpha value is -3.02. The molecule has 1 aliphatic heterocycles. The number of methoxy groups -OCH3 is 2. The zero-order valence-electron chi connectivity index (χ0n) is 13.7. The third kappa shape index (κ3) is 3.32. The molecule has 1 aromatic carbocycles. The summed E-state index contributed by atoms with van der Waals surface area (Å²) in [5.74, 6) is 1.20. The molecule has 0 spiro atoms. The summed E-state index contributed by atoms with van der Waals surface area (Å²) >= 11 is 0. The number of ether oxygens (including phenoxy) is 2. The van der Waals surface area contributed by atoms with Gasteiger partial charge in [-0.1, -0.05) is 18.2 Å². The second kappa shape index (κ2) is 7.04. The van der Waals surface area contributed by atoms with Crippen LogP contribution in [0.2, 0.25) is 0 Å². The van der Waals surface area contributed by atoms with Gasteiger partial charge in [0, 0.05) is 19.3 Å². The Morgan fingerprint density at radius 1 is 1.21 bits per heavy atom. The predicted octanol–water partition coefficient (Wildman–Crippen LogP) is 3.03. The molecule has 124 valence electrons. The lowest BCUT2D eigenvalue weighted by Gasteiger charge is -2.18. The highest BCUT2D eigenvalue weighted by Gasteiger charge is 2.21. The van der Waals surface area contributed by atoms with Gasteiger partial charge in [0.1, 0.15) is 11.4 Å². The molecule has 1 aromatic heterocycles. The van der Waals surface area contributed by atoms with Crippen LogP contribution in [0.1, 0.15) is 5.56 Å². The lowest BCUT2D eigenvalue weighted by Crippen LogP contribution is -2.33. The molecule has 2 heterocycles. The largest absolute Gasteiger partial charge is 0.497 e. The number of carbonyl (C=O) groups excluding carboxylic acids is 1. The number of hydrogen-bond acceptors (Lipinski definition) is 4. The molecule has 3 rings (SSSR count). The van der Waals surface area contributed by atoms with E-state index in [1.165, 1.54) is 7.11 Å². The van der Waals surface area contributed by atoms with Crippen LogP contribution in [0, 0.1) is 0 Å². The number of rotatable bonds is 4. The van der Waals surface area contributed by atoms with Gasteiger partial charge in [0.05, 0.1) is 14.2 Å². The highest BCUT2D eigenvalue weighted by atomic mass is 16.5. The van der Waals surface area contributed by atoms with Crippen LogP contribution in [0.25, 0.3) is 5.57 Å². The van der Waals surface area contributed by atoms with Crippen molar-refractivity contribution in [2.45, 2.75) is 0 Å². The first-order valence-electron chi connectivity index (χ1n) is 7.59. The van der Waals surface area contributed by atoms with E-state index in [4.69, 9.17) is 9.47 Å². The molecule has 2 aromatic rings. The number of amides is 2. The summed E-state index contributed by atoms with van der Waals surface area (Å²) < 4.78 is 10.4. The smallest absolute Gasteiger partial charge is 0.322 e. The first-order chi connectivity index (χ1) is 11.7. The van der Waals surface area contributed by atoms with Crippen LogP contribution in [0.5, 0.6) is 11.6 Å². The normalized spacial score (nSPS) is 13.4. The Kier molecular flexibility index (Phi) is 4.65. The van der Waals surface area contributed by atoms with Crippen LogP contribution >= 0.6 is 0 Å². The van der Waals surface area contributed by atoms with Crippen LogP contribution < -0.4 is 14.8 Å². The molecule has 0 saturated carbocycles. The van der Waals surface area contributed by atoms with Crippen LogP contribution in [0.4, 0.5) is 10.5 Å². The number of anilines is 1. The minimum absolute atomic E-state index is 0.185. The number of urea groups is 1. The van der Waals surface area contributed by atoms with Crippen molar-refractivity contribution >= 4 is 17.3 Å². The fraction of sp³-hybridized carbons (Fsp3) is 0.222. The van der Waals surface area contributed by atoms with Gasteiger partial charge < -0.3 is 19.7 Å². The minimum atomic E-state index is -0.185. The molecule has 2 amide bonds. The molecule has 0 unspecified atom stereocenters. The maximum Gasteiger partial charge on any atom is 0.322 e. The molecule has 0 atom stereocenters. The standard InChI is InChI=1S/C18H19N3O3/c1-23-15-6-3-5-13(11-15)14-8-10-21(12-14)18(22)20-16-7-4-9-19-17(16)24-2/h3-9,11H,10,12H2,1-2H3,(H,20,22). The quantitative estimate of drug-likeness (QED) is 0.938. The molecule has 0 saturated heterocycles. The van der Waals surface area contributed by atoms with Gasteiger partial charge in [0.2, 0.25) is 5.88 Å². The van der Waals surface area contributed by atoms with Gasteiger partial charge in [-0.05, 0) is 35.4 Å². The second-order valence-corrected chi connectivity index (χ2v) is 5.33. The average Bonchev–Trinajstić information content (AvgIpc) is 3.12. The van der Waals surface area contributed by atoms with E-state index in [9.17, 15) is 4.79 Å². The summed E-state index contributed by atoms with van der Waals surface area (Å²) in [7, 11) is 3.17. The van der Waals surface area contributed by atoms with Gasteiger partial charge in [-0.15, -0.1) is 0 Å². The van der Waals surface area contributed by atoms with Gasteiger partial charge in [-0.3, -0.25) is 0 Å². The molecule has 1 aliphatic rings. The molecule has 6 nitrogen and oxygen atoms in total. The molecular weight excluding hydrogens is 306 g/mol. The molecule has 6 heteroatoms.